The van der Waals surface area contributed by atoms with E-state index in [1.54, 1.807) is 0 Å². The number of hydrogen-bond acceptors (Lipinski definition) is 5. The Hall–Kier alpha value is -3.57. The van der Waals surface area contributed by atoms with Gasteiger partial charge in [-0.25, -0.2) is 0 Å². The number of halogens is 3. The number of rotatable bonds is 11. The van der Waals surface area contributed by atoms with Crippen LogP contribution in [0, 0.1) is 17.8 Å². The van der Waals surface area contributed by atoms with Crippen molar-refractivity contribution in [3.8, 4) is 5.75 Å². The number of alkyl halides is 3. The fourth-order valence-corrected chi connectivity index (χ4v) is 4.37. The van der Waals surface area contributed by atoms with Gasteiger partial charge in [0.1, 0.15) is 11.8 Å². The standard InChI is InChI=1S/C24H29F3N4O5/c1-12(2)8-14(23(35)31-18(21(28)33)9-13-6-7-29-22(13)34)10-19(32)17-11-15-16(30-17)4-3-5-20(15)36-24(25,26)27/h3-5,11-14,18,30H,6-10H2,1-2H3,(H2,28,33)(H,29,34)(H,31,35)/t13-,14+,18-/m0/s1. The third kappa shape index (κ3) is 6.98. The highest BCUT2D eigenvalue weighted by Crippen LogP contribution is 2.32. The molecule has 1 saturated heterocycles. The number of carbonyl (C=O) groups is 4. The summed E-state index contributed by atoms with van der Waals surface area (Å²) in [5, 5.41) is 5.33. The summed E-state index contributed by atoms with van der Waals surface area (Å²) >= 11 is 0. The van der Waals surface area contributed by atoms with Crippen LogP contribution in [0.25, 0.3) is 10.9 Å². The second-order valence-corrected chi connectivity index (χ2v) is 9.38. The molecule has 0 saturated carbocycles. The van der Waals surface area contributed by atoms with Gasteiger partial charge in [-0.15, -0.1) is 13.2 Å². The van der Waals surface area contributed by atoms with Crippen molar-refractivity contribution in [2.24, 2.45) is 23.5 Å². The van der Waals surface area contributed by atoms with Crippen molar-refractivity contribution in [3.05, 3.63) is 30.0 Å². The number of H-pyrrole nitrogens is 1. The number of benzene rings is 1. The van der Waals surface area contributed by atoms with Gasteiger partial charge in [0.2, 0.25) is 17.7 Å². The molecule has 0 aliphatic carbocycles. The summed E-state index contributed by atoms with van der Waals surface area (Å²) < 4.78 is 42.2. The molecule has 36 heavy (non-hydrogen) atoms. The van der Waals surface area contributed by atoms with Crippen LogP contribution < -0.4 is 21.1 Å². The molecule has 3 atom stereocenters. The summed E-state index contributed by atoms with van der Waals surface area (Å²) in [6, 6.07) is 4.18. The van der Waals surface area contributed by atoms with Crippen molar-refractivity contribution in [1.29, 1.82) is 0 Å². The van der Waals surface area contributed by atoms with Gasteiger partial charge in [0, 0.05) is 35.7 Å². The van der Waals surface area contributed by atoms with Gasteiger partial charge >= 0.3 is 6.36 Å². The minimum absolute atomic E-state index is 0.0238. The first-order valence-electron chi connectivity index (χ1n) is 11.6. The third-order valence-corrected chi connectivity index (χ3v) is 6.05. The molecule has 1 fully saturated rings. The fraction of sp³-hybridized carbons (Fsp3) is 0.500. The van der Waals surface area contributed by atoms with Gasteiger partial charge in [-0.05, 0) is 43.4 Å². The molecule has 0 unspecified atom stereocenters. The number of nitrogens with two attached hydrogens (primary N) is 1. The Morgan fingerprint density at radius 2 is 1.97 bits per heavy atom. The number of hydrogen-bond donors (Lipinski definition) is 4. The van der Waals surface area contributed by atoms with Crippen molar-refractivity contribution < 1.29 is 37.1 Å². The average Bonchev–Trinajstić information content (AvgIpc) is 3.38. The molecule has 3 amide bonds. The molecule has 0 radical (unpaired) electrons. The molecule has 1 aliphatic rings. The average molecular weight is 511 g/mol. The second kappa shape index (κ2) is 11.0. The van der Waals surface area contributed by atoms with Crippen LogP contribution >= 0.6 is 0 Å². The molecule has 2 aromatic rings. The summed E-state index contributed by atoms with van der Waals surface area (Å²) in [7, 11) is 0. The molecule has 3 rings (SSSR count). The lowest BCUT2D eigenvalue weighted by Gasteiger charge is -2.23. The Balaban J connectivity index is 1.76. The zero-order chi connectivity index (χ0) is 26.6. The lowest BCUT2D eigenvalue weighted by molar-refractivity contribution is -0.274. The number of nitrogens with one attached hydrogen (secondary N) is 3. The summed E-state index contributed by atoms with van der Waals surface area (Å²) in [5.41, 5.74) is 5.75. The zero-order valence-electron chi connectivity index (χ0n) is 19.9. The molecule has 0 bridgehead atoms. The predicted octanol–water partition coefficient (Wildman–Crippen LogP) is 2.80. The Labute approximate surface area is 205 Å². The first-order chi connectivity index (χ1) is 16.8. The number of ketones is 1. The summed E-state index contributed by atoms with van der Waals surface area (Å²) in [5.74, 6) is -3.75. The van der Waals surface area contributed by atoms with Crippen molar-refractivity contribution in [2.45, 2.75) is 51.9 Å². The van der Waals surface area contributed by atoms with Crippen LogP contribution in [0.2, 0.25) is 0 Å². The Bertz CT molecular complexity index is 1140. The van der Waals surface area contributed by atoms with E-state index < -0.39 is 47.6 Å². The van der Waals surface area contributed by atoms with Crippen molar-refractivity contribution >= 4 is 34.4 Å². The van der Waals surface area contributed by atoms with Crippen LogP contribution in [0.3, 0.4) is 0 Å². The summed E-state index contributed by atoms with van der Waals surface area (Å²) in [4.78, 5) is 52.7. The number of carbonyl (C=O) groups excluding carboxylic acids is 4. The van der Waals surface area contributed by atoms with Crippen LogP contribution in [0.5, 0.6) is 5.75 Å². The Kier molecular flexibility index (Phi) is 8.26. The normalized spacial score (nSPS) is 17.6. The highest BCUT2D eigenvalue weighted by molar-refractivity contribution is 6.02. The van der Waals surface area contributed by atoms with Gasteiger partial charge in [0.15, 0.2) is 5.78 Å². The Morgan fingerprint density at radius 3 is 2.56 bits per heavy atom. The summed E-state index contributed by atoms with van der Waals surface area (Å²) in [6.07, 6.45) is -4.25. The molecule has 0 spiro atoms. The second-order valence-electron chi connectivity index (χ2n) is 9.38. The van der Waals surface area contributed by atoms with Gasteiger partial charge in [0.25, 0.3) is 0 Å². The van der Waals surface area contributed by atoms with E-state index >= 15 is 0 Å². The van der Waals surface area contributed by atoms with Crippen LogP contribution in [-0.4, -0.2) is 47.4 Å². The monoisotopic (exact) mass is 510 g/mol. The highest BCUT2D eigenvalue weighted by Gasteiger charge is 2.34. The number of fused-ring (bicyclic) bond motifs is 1. The molecule has 1 aromatic carbocycles. The van der Waals surface area contributed by atoms with E-state index in [9.17, 15) is 32.3 Å². The van der Waals surface area contributed by atoms with E-state index in [1.165, 1.54) is 18.2 Å². The maximum Gasteiger partial charge on any atom is 0.573 e. The number of amides is 3. The maximum absolute atomic E-state index is 13.1. The minimum atomic E-state index is -4.90. The minimum Gasteiger partial charge on any atom is -0.405 e. The number of primary amides is 1. The largest absolute Gasteiger partial charge is 0.573 e. The van der Waals surface area contributed by atoms with Gasteiger partial charge < -0.3 is 26.1 Å². The molecular weight excluding hydrogens is 481 g/mol. The molecular formula is C24H29F3N4O5. The lowest BCUT2D eigenvalue weighted by atomic mass is 9.90. The van der Waals surface area contributed by atoms with E-state index in [0.29, 0.717) is 19.4 Å². The number of ether oxygens (including phenoxy) is 1. The molecule has 9 nitrogen and oxygen atoms in total. The molecule has 12 heteroatoms. The van der Waals surface area contributed by atoms with Crippen LogP contribution in [0.4, 0.5) is 13.2 Å². The van der Waals surface area contributed by atoms with Gasteiger partial charge in [0.05, 0.1) is 5.69 Å². The van der Waals surface area contributed by atoms with E-state index in [0.717, 1.165) is 6.07 Å². The van der Waals surface area contributed by atoms with E-state index in [2.05, 4.69) is 20.4 Å². The SMILES string of the molecule is CC(C)C[C@H](CC(=O)c1cc2c(OC(F)(F)F)cccc2[nH]1)C(=O)N[C@@H](C[C@@H]1CCNC1=O)C(N)=O. The number of aromatic nitrogens is 1. The van der Waals surface area contributed by atoms with Gasteiger partial charge in [-0.3, -0.25) is 19.2 Å². The molecule has 1 aromatic heterocycles. The topological polar surface area (TPSA) is 143 Å². The lowest BCUT2D eigenvalue weighted by Crippen LogP contribution is -2.48. The molecule has 2 heterocycles. The van der Waals surface area contributed by atoms with Crippen molar-refractivity contribution in [1.82, 2.24) is 15.6 Å². The number of Topliss-reactive ketones (excluding diaryl/α,β-unsaturated/α-hetero) is 1. The third-order valence-electron chi connectivity index (χ3n) is 6.05. The van der Waals surface area contributed by atoms with Gasteiger partial charge in [-0.1, -0.05) is 19.9 Å². The van der Waals surface area contributed by atoms with E-state index in [-0.39, 0.29) is 41.3 Å². The summed E-state index contributed by atoms with van der Waals surface area (Å²) in [6.45, 7) is 4.21. The first-order valence-corrected chi connectivity index (χ1v) is 11.6. The molecule has 1 aliphatic heterocycles. The van der Waals surface area contributed by atoms with Crippen LogP contribution in [0.15, 0.2) is 24.3 Å². The van der Waals surface area contributed by atoms with Gasteiger partial charge in [-0.2, -0.15) is 0 Å². The quantitative estimate of drug-likeness (QED) is 0.344. The zero-order valence-corrected chi connectivity index (χ0v) is 19.9. The predicted molar refractivity (Wildman–Crippen MR) is 124 cm³/mol. The van der Waals surface area contributed by atoms with Crippen molar-refractivity contribution in [3.63, 3.8) is 0 Å². The van der Waals surface area contributed by atoms with E-state index in [4.69, 9.17) is 5.73 Å². The molecule has 5 N–H and O–H groups in total. The highest BCUT2D eigenvalue weighted by atomic mass is 19.4. The molecule has 196 valence electrons. The van der Waals surface area contributed by atoms with Crippen LogP contribution in [0.1, 0.15) is 50.0 Å². The number of aromatic amines is 1. The maximum atomic E-state index is 13.1. The first kappa shape index (κ1) is 27.0. The Morgan fingerprint density at radius 1 is 1.25 bits per heavy atom. The van der Waals surface area contributed by atoms with Crippen LogP contribution in [-0.2, 0) is 14.4 Å². The van der Waals surface area contributed by atoms with Crippen molar-refractivity contribution in [2.75, 3.05) is 6.54 Å². The fourth-order valence-electron chi connectivity index (χ4n) is 4.37. The smallest absolute Gasteiger partial charge is 0.405 e. The van der Waals surface area contributed by atoms with E-state index in [1.807, 2.05) is 13.8 Å².